The van der Waals surface area contributed by atoms with Crippen molar-refractivity contribution in [2.24, 2.45) is 4.99 Å². The molecule has 4 rings (SSSR count). The fraction of sp³-hybridized carbons (Fsp3) is 0.0588. The highest BCUT2D eigenvalue weighted by atomic mass is 16.3. The maximum Gasteiger partial charge on any atom is 0.223 e. The van der Waals surface area contributed by atoms with E-state index < -0.39 is 11.2 Å². The summed E-state index contributed by atoms with van der Waals surface area (Å²) in [7, 11) is 0. The number of carbonyl (C=O) groups excluding carboxylic acids is 1. The van der Waals surface area contributed by atoms with Crippen molar-refractivity contribution in [3.8, 4) is 17.0 Å². The Balaban J connectivity index is 2.03. The van der Waals surface area contributed by atoms with Crippen LogP contribution in [0.25, 0.3) is 28.0 Å². The molecule has 3 heterocycles. The number of nitrogens with one attached hydrogen (secondary N) is 1. The molecule has 0 saturated carbocycles. The van der Waals surface area contributed by atoms with Gasteiger partial charge in [0.2, 0.25) is 5.43 Å². The maximum absolute atomic E-state index is 12.0. The fourth-order valence-corrected chi connectivity index (χ4v) is 2.71. The lowest BCUT2D eigenvalue weighted by molar-refractivity contribution is -0.113. The lowest BCUT2D eigenvalue weighted by atomic mass is 10.1. The minimum atomic E-state index is -0.506. The van der Waals surface area contributed by atoms with E-state index in [1.807, 2.05) is 18.2 Å². The molecule has 24 heavy (non-hydrogen) atoms. The van der Waals surface area contributed by atoms with Gasteiger partial charge in [-0.1, -0.05) is 12.1 Å². The third-order valence-electron chi connectivity index (χ3n) is 3.84. The zero-order valence-corrected chi connectivity index (χ0v) is 12.4. The van der Waals surface area contributed by atoms with Gasteiger partial charge in [-0.05, 0) is 6.07 Å². The van der Waals surface area contributed by atoms with Gasteiger partial charge in [-0.25, -0.2) is 4.99 Å². The zero-order valence-electron chi connectivity index (χ0n) is 12.4. The normalized spacial score (nSPS) is 14.2. The van der Waals surface area contributed by atoms with E-state index >= 15 is 0 Å². The third kappa shape index (κ3) is 2.23. The molecule has 7 heteroatoms. The molecule has 0 unspecified atom stereocenters. The molecule has 0 atom stereocenters. The number of benzene rings is 1. The van der Waals surface area contributed by atoms with Gasteiger partial charge in [0, 0.05) is 35.7 Å². The number of aromatic nitrogens is 3. The topological polar surface area (TPSA) is 100 Å². The SMILES string of the molecule is O=C1C=C(n2cc(O)c(=O)cc2-c2cccc3[nH]ncc23)N=CC1. The van der Waals surface area contributed by atoms with Crippen LogP contribution in [-0.4, -0.2) is 31.9 Å². The summed E-state index contributed by atoms with van der Waals surface area (Å²) in [5, 5.41) is 17.5. The van der Waals surface area contributed by atoms with Crippen LogP contribution in [-0.2, 0) is 4.79 Å². The summed E-state index contributed by atoms with van der Waals surface area (Å²) in [6.07, 6.45) is 6.08. The number of ketones is 1. The first-order chi connectivity index (χ1) is 11.6. The summed E-state index contributed by atoms with van der Waals surface area (Å²) in [4.78, 5) is 27.9. The molecular weight excluding hydrogens is 308 g/mol. The summed E-state index contributed by atoms with van der Waals surface area (Å²) >= 11 is 0. The van der Waals surface area contributed by atoms with Crippen molar-refractivity contribution < 1.29 is 9.90 Å². The number of aliphatic imine (C=N–C) groups is 1. The van der Waals surface area contributed by atoms with Crippen LogP contribution in [0.2, 0.25) is 0 Å². The van der Waals surface area contributed by atoms with Crippen LogP contribution in [0.5, 0.6) is 5.75 Å². The molecule has 0 fully saturated rings. The van der Waals surface area contributed by atoms with E-state index in [1.54, 1.807) is 6.20 Å². The number of allylic oxidation sites excluding steroid dienone is 1. The average Bonchev–Trinajstić information content (AvgIpc) is 3.05. The van der Waals surface area contributed by atoms with E-state index in [-0.39, 0.29) is 12.2 Å². The number of fused-ring (bicyclic) bond motifs is 1. The first-order valence-corrected chi connectivity index (χ1v) is 7.29. The van der Waals surface area contributed by atoms with Gasteiger partial charge in [0.1, 0.15) is 5.82 Å². The van der Waals surface area contributed by atoms with Gasteiger partial charge >= 0.3 is 0 Å². The minimum absolute atomic E-state index is 0.0920. The molecular formula is C17H12N4O3. The van der Waals surface area contributed by atoms with Crippen LogP contribution in [0.4, 0.5) is 0 Å². The van der Waals surface area contributed by atoms with Crippen molar-refractivity contribution in [2.45, 2.75) is 6.42 Å². The number of rotatable bonds is 2. The Morgan fingerprint density at radius 1 is 1.25 bits per heavy atom. The average molecular weight is 320 g/mol. The molecule has 0 bridgehead atoms. The van der Waals surface area contributed by atoms with Gasteiger partial charge in [0.05, 0.1) is 23.6 Å². The van der Waals surface area contributed by atoms with Gasteiger partial charge in [0.25, 0.3) is 0 Å². The minimum Gasteiger partial charge on any atom is -0.503 e. The molecule has 0 spiro atoms. The molecule has 3 aromatic rings. The molecule has 0 amide bonds. The van der Waals surface area contributed by atoms with E-state index in [9.17, 15) is 14.7 Å². The number of hydrogen-bond donors (Lipinski definition) is 2. The first-order valence-electron chi connectivity index (χ1n) is 7.29. The Morgan fingerprint density at radius 3 is 2.96 bits per heavy atom. The second-order valence-electron chi connectivity index (χ2n) is 5.40. The fourth-order valence-electron chi connectivity index (χ4n) is 2.71. The summed E-state index contributed by atoms with van der Waals surface area (Å²) in [6, 6.07) is 6.87. The third-order valence-corrected chi connectivity index (χ3v) is 3.84. The number of pyridine rings is 1. The molecule has 118 valence electrons. The Bertz CT molecular complexity index is 1090. The molecule has 2 aromatic heterocycles. The van der Waals surface area contributed by atoms with Crippen molar-refractivity contribution in [3.05, 3.63) is 53.0 Å². The highest BCUT2D eigenvalue weighted by Crippen LogP contribution is 2.30. The summed E-state index contributed by atoms with van der Waals surface area (Å²) < 4.78 is 1.53. The van der Waals surface area contributed by atoms with Crippen LogP contribution in [0, 0.1) is 0 Å². The molecule has 1 aromatic carbocycles. The predicted molar refractivity (Wildman–Crippen MR) is 89.8 cm³/mol. The Morgan fingerprint density at radius 2 is 2.12 bits per heavy atom. The lowest BCUT2D eigenvalue weighted by Gasteiger charge is -2.16. The van der Waals surface area contributed by atoms with Gasteiger partial charge in [-0.15, -0.1) is 0 Å². The Kier molecular flexibility index (Phi) is 3.13. The Labute approximate surface area is 135 Å². The number of carbonyl (C=O) groups is 1. The first kappa shape index (κ1) is 14.1. The monoisotopic (exact) mass is 320 g/mol. The second kappa shape index (κ2) is 5.31. The molecule has 7 nitrogen and oxygen atoms in total. The van der Waals surface area contributed by atoms with Crippen LogP contribution >= 0.6 is 0 Å². The number of hydrogen-bond acceptors (Lipinski definition) is 5. The predicted octanol–water partition coefficient (Wildman–Crippen LogP) is 1.94. The van der Waals surface area contributed by atoms with Crippen molar-refractivity contribution in [3.63, 3.8) is 0 Å². The highest BCUT2D eigenvalue weighted by molar-refractivity contribution is 6.06. The molecule has 2 N–H and O–H groups in total. The van der Waals surface area contributed by atoms with Crippen LogP contribution in [0.3, 0.4) is 0 Å². The maximum atomic E-state index is 12.0. The highest BCUT2D eigenvalue weighted by Gasteiger charge is 2.16. The number of nitrogens with zero attached hydrogens (tertiary/aromatic N) is 3. The van der Waals surface area contributed by atoms with E-state index in [1.165, 1.54) is 29.1 Å². The van der Waals surface area contributed by atoms with E-state index in [2.05, 4.69) is 15.2 Å². The van der Waals surface area contributed by atoms with Crippen LogP contribution in [0.1, 0.15) is 6.42 Å². The second-order valence-corrected chi connectivity index (χ2v) is 5.40. The van der Waals surface area contributed by atoms with Gasteiger partial charge in [-0.3, -0.25) is 19.3 Å². The quantitative estimate of drug-likeness (QED) is 0.753. The summed E-state index contributed by atoms with van der Waals surface area (Å²) in [6.45, 7) is 0. The standard InChI is InChI=1S/C17H12N4O3/c22-10-4-5-18-17(6-10)21-9-16(24)15(23)7-14(21)11-2-1-3-13-12(11)8-19-20-13/h1-3,5-9,24H,4H2,(H,19,20). The number of aromatic hydroxyl groups is 1. The van der Waals surface area contributed by atoms with Gasteiger partial charge in [0.15, 0.2) is 11.5 Å². The van der Waals surface area contributed by atoms with Crippen molar-refractivity contribution >= 4 is 28.7 Å². The largest absolute Gasteiger partial charge is 0.503 e. The molecule has 1 aliphatic heterocycles. The summed E-state index contributed by atoms with van der Waals surface area (Å²) in [5.74, 6) is -0.157. The van der Waals surface area contributed by atoms with E-state index in [4.69, 9.17) is 0 Å². The van der Waals surface area contributed by atoms with E-state index in [0.717, 1.165) is 16.5 Å². The van der Waals surface area contributed by atoms with Gasteiger partial charge in [-0.2, -0.15) is 5.10 Å². The lowest BCUT2D eigenvalue weighted by Crippen LogP contribution is -2.12. The van der Waals surface area contributed by atoms with Gasteiger partial charge < -0.3 is 5.11 Å². The number of aromatic amines is 1. The van der Waals surface area contributed by atoms with Crippen molar-refractivity contribution in [2.75, 3.05) is 0 Å². The summed E-state index contributed by atoms with van der Waals surface area (Å²) in [5.41, 5.74) is 1.57. The van der Waals surface area contributed by atoms with Crippen LogP contribution in [0.15, 0.2) is 52.5 Å². The van der Waals surface area contributed by atoms with E-state index in [0.29, 0.717) is 11.5 Å². The van der Waals surface area contributed by atoms with Crippen molar-refractivity contribution in [1.29, 1.82) is 0 Å². The smallest absolute Gasteiger partial charge is 0.223 e. The Hall–Kier alpha value is -3.48. The van der Waals surface area contributed by atoms with Crippen LogP contribution < -0.4 is 5.43 Å². The zero-order chi connectivity index (χ0) is 16.7. The number of H-pyrrole nitrogens is 1. The molecule has 0 saturated heterocycles. The van der Waals surface area contributed by atoms with Crippen molar-refractivity contribution in [1.82, 2.24) is 14.8 Å². The molecule has 1 aliphatic rings. The molecule has 0 radical (unpaired) electrons. The molecule has 0 aliphatic carbocycles.